The molecule has 0 aromatic heterocycles. The van der Waals surface area contributed by atoms with Gasteiger partial charge in [-0.25, -0.2) is 0 Å². The predicted molar refractivity (Wildman–Crippen MR) is 193 cm³/mol. The first-order valence-electron chi connectivity index (χ1n) is 18.1. The number of piperidine rings is 1. The van der Waals surface area contributed by atoms with Crippen molar-refractivity contribution in [3.63, 3.8) is 0 Å². The molecule has 10 nitrogen and oxygen atoms in total. The number of aliphatic imine (C=N–C) groups is 1. The van der Waals surface area contributed by atoms with Crippen LogP contribution in [0.1, 0.15) is 83.4 Å². The Bertz CT molecular complexity index is 1530. The number of nitrogens with one attached hydrogen (secondary N) is 3. The molecule has 3 aliphatic rings. The van der Waals surface area contributed by atoms with Crippen molar-refractivity contribution in [3.05, 3.63) is 65.2 Å². The van der Waals surface area contributed by atoms with Crippen molar-refractivity contribution in [2.45, 2.75) is 96.1 Å². The number of amidine groups is 1. The van der Waals surface area contributed by atoms with E-state index < -0.39 is 11.5 Å². The molecule has 1 heterocycles. The van der Waals surface area contributed by atoms with Crippen LogP contribution in [0.3, 0.4) is 0 Å². The highest BCUT2D eigenvalue weighted by molar-refractivity contribution is 5.95. The second-order valence-electron chi connectivity index (χ2n) is 15.1. The first-order chi connectivity index (χ1) is 23.4. The first kappa shape index (κ1) is 36.4. The fraction of sp³-hybridized carbons (Fsp3) is 0.590. The molecular weight excluding hydrogens is 616 g/mol. The number of hydrogen-bond acceptors (Lipinski definition) is 6. The minimum absolute atomic E-state index is 0.000364. The van der Waals surface area contributed by atoms with E-state index >= 15 is 0 Å². The van der Waals surface area contributed by atoms with Crippen molar-refractivity contribution >= 4 is 23.6 Å². The van der Waals surface area contributed by atoms with Crippen LogP contribution in [0.5, 0.6) is 5.75 Å². The van der Waals surface area contributed by atoms with Crippen molar-refractivity contribution < 1.29 is 19.5 Å². The van der Waals surface area contributed by atoms with Gasteiger partial charge in [0, 0.05) is 32.1 Å². The van der Waals surface area contributed by atoms with E-state index in [2.05, 4.69) is 45.8 Å². The van der Waals surface area contributed by atoms with Crippen LogP contribution in [0, 0.1) is 17.8 Å². The van der Waals surface area contributed by atoms with E-state index in [1.54, 1.807) is 6.07 Å². The van der Waals surface area contributed by atoms with Gasteiger partial charge in [-0.3, -0.25) is 24.3 Å². The number of aromatic hydroxyl groups is 1. The monoisotopic (exact) mass is 672 g/mol. The van der Waals surface area contributed by atoms with Crippen molar-refractivity contribution in [2.75, 3.05) is 32.7 Å². The van der Waals surface area contributed by atoms with Crippen LogP contribution in [0.2, 0.25) is 0 Å². The molecule has 1 saturated heterocycles. The summed E-state index contributed by atoms with van der Waals surface area (Å²) >= 11 is 0. The number of fused-ring (bicyclic) bond motifs is 4. The van der Waals surface area contributed by atoms with Crippen LogP contribution >= 0.6 is 0 Å². The van der Waals surface area contributed by atoms with Gasteiger partial charge in [0.15, 0.2) is 0 Å². The van der Waals surface area contributed by atoms with Gasteiger partial charge in [-0.2, -0.15) is 0 Å². The van der Waals surface area contributed by atoms with E-state index in [1.807, 2.05) is 57.2 Å². The zero-order valence-electron chi connectivity index (χ0n) is 29.9. The molecule has 5 rings (SSSR count). The standard InChI is InChI=1S/C39H56N6O4/c1-6-34(40)41-16-10-17-42-36(48)32(19-25(2)3)44-35(47)23-43-37(49)39(28-11-8-7-9-12-28)22-29(39)24-45-18-15-38(5)26(4)33(45)20-27-13-14-30(46)21-31(27)38/h7-9,11-14,21,25-26,29,32-33,46H,6,10,15-20,22-24H2,1-5H3,(H2,40,41)(H,42,48)(H,43,49)(H,44,47)/t26-,29-,32+,33-,38-,39+/m1/s1. The van der Waals surface area contributed by atoms with E-state index in [0.29, 0.717) is 55.9 Å². The highest BCUT2D eigenvalue weighted by Gasteiger charge is 2.62. The normalized spacial score (nSPS) is 26.8. The van der Waals surface area contributed by atoms with Gasteiger partial charge >= 0.3 is 0 Å². The number of amides is 3. The van der Waals surface area contributed by atoms with E-state index in [0.717, 1.165) is 37.9 Å². The second kappa shape index (κ2) is 15.3. The zero-order chi connectivity index (χ0) is 35.3. The number of phenols is 1. The molecule has 1 saturated carbocycles. The molecule has 0 unspecified atom stereocenters. The summed E-state index contributed by atoms with van der Waals surface area (Å²) < 4.78 is 0. The van der Waals surface area contributed by atoms with Crippen LogP contribution in [0.15, 0.2) is 53.5 Å². The van der Waals surface area contributed by atoms with Gasteiger partial charge in [-0.15, -0.1) is 0 Å². The van der Waals surface area contributed by atoms with Crippen molar-refractivity contribution in [2.24, 2.45) is 28.5 Å². The van der Waals surface area contributed by atoms with Crippen molar-refractivity contribution in [1.82, 2.24) is 20.9 Å². The molecule has 1 aliphatic heterocycles. The maximum absolute atomic E-state index is 14.0. The second-order valence-corrected chi connectivity index (χ2v) is 15.1. The molecular formula is C39H56N6O4. The van der Waals surface area contributed by atoms with Gasteiger partial charge in [-0.05, 0) is 90.6 Å². The zero-order valence-corrected chi connectivity index (χ0v) is 29.9. The predicted octanol–water partition coefficient (Wildman–Crippen LogP) is 3.79. The van der Waals surface area contributed by atoms with Gasteiger partial charge in [0.1, 0.15) is 11.8 Å². The molecule has 10 heteroatoms. The topological polar surface area (TPSA) is 149 Å². The lowest BCUT2D eigenvalue weighted by Crippen LogP contribution is -2.58. The fourth-order valence-electron chi connectivity index (χ4n) is 8.27. The van der Waals surface area contributed by atoms with E-state index in [-0.39, 0.29) is 41.5 Å². The summed E-state index contributed by atoms with van der Waals surface area (Å²) in [5.74, 6) is 0.866. The Hall–Kier alpha value is -3.92. The molecule has 2 aliphatic carbocycles. The Labute approximate surface area is 291 Å². The smallest absolute Gasteiger partial charge is 0.242 e. The lowest BCUT2D eigenvalue weighted by atomic mass is 9.59. The number of rotatable bonds is 15. The van der Waals surface area contributed by atoms with Gasteiger partial charge in [0.25, 0.3) is 0 Å². The third kappa shape index (κ3) is 7.95. The van der Waals surface area contributed by atoms with Crippen LogP contribution < -0.4 is 21.7 Å². The van der Waals surface area contributed by atoms with Gasteiger partial charge < -0.3 is 26.8 Å². The van der Waals surface area contributed by atoms with E-state index in [1.165, 1.54) is 11.1 Å². The average molecular weight is 673 g/mol. The Morgan fingerprint density at radius 2 is 1.88 bits per heavy atom. The molecule has 6 atom stereocenters. The number of nitrogens with two attached hydrogens (primary N) is 1. The summed E-state index contributed by atoms with van der Waals surface area (Å²) in [6, 6.07) is 15.4. The molecule has 2 aromatic rings. The van der Waals surface area contributed by atoms with Gasteiger partial charge in [-0.1, -0.05) is 71.0 Å². The maximum Gasteiger partial charge on any atom is 0.242 e. The highest BCUT2D eigenvalue weighted by Crippen LogP contribution is 2.56. The Kier molecular flexibility index (Phi) is 11.4. The molecule has 6 N–H and O–H groups in total. The lowest BCUT2D eigenvalue weighted by Gasteiger charge is -2.55. The maximum atomic E-state index is 14.0. The average Bonchev–Trinajstić information content (AvgIpc) is 3.81. The number of carbonyl (C=O) groups excluding carboxylic acids is 3. The number of nitrogens with zero attached hydrogens (tertiary/aromatic N) is 2. The lowest BCUT2D eigenvalue weighted by molar-refractivity contribution is -0.130. The summed E-state index contributed by atoms with van der Waals surface area (Å²) in [4.78, 5) is 47.0. The molecule has 2 aromatic carbocycles. The Balaban J connectivity index is 1.21. The third-order valence-corrected chi connectivity index (χ3v) is 11.4. The third-order valence-electron chi connectivity index (χ3n) is 11.4. The number of hydrogen-bond donors (Lipinski definition) is 5. The van der Waals surface area contributed by atoms with Crippen LogP contribution in [-0.2, 0) is 31.6 Å². The first-order valence-corrected chi connectivity index (χ1v) is 18.1. The number of benzene rings is 2. The number of carbonyl (C=O) groups is 3. The van der Waals surface area contributed by atoms with Crippen LogP contribution in [-0.4, -0.2) is 78.4 Å². The van der Waals surface area contributed by atoms with Crippen LogP contribution in [0.25, 0.3) is 0 Å². The van der Waals surface area contributed by atoms with E-state index in [4.69, 9.17) is 5.73 Å². The largest absolute Gasteiger partial charge is 0.508 e. The molecule has 49 heavy (non-hydrogen) atoms. The summed E-state index contributed by atoms with van der Waals surface area (Å²) in [6.45, 7) is 13.1. The van der Waals surface area contributed by atoms with E-state index in [9.17, 15) is 19.5 Å². The van der Waals surface area contributed by atoms with Gasteiger partial charge in [0.05, 0.1) is 17.8 Å². The molecule has 2 fully saturated rings. The Morgan fingerprint density at radius 3 is 2.59 bits per heavy atom. The molecule has 266 valence electrons. The minimum Gasteiger partial charge on any atom is -0.508 e. The number of phenolic OH excluding ortho intramolecular Hbond substituents is 1. The summed E-state index contributed by atoms with van der Waals surface area (Å²) in [7, 11) is 0. The quantitative estimate of drug-likeness (QED) is 0.110. The molecule has 3 amide bonds. The molecule has 0 radical (unpaired) electrons. The Morgan fingerprint density at radius 1 is 1.12 bits per heavy atom. The number of likely N-dealkylation sites (tertiary alicyclic amines) is 1. The fourth-order valence-corrected chi connectivity index (χ4v) is 8.27. The SMILES string of the molecule is CCC(N)=NCCCNC(=O)[C@H](CC(C)C)NC(=O)CNC(=O)[C@]1(c2ccccc2)C[C@@H]1CN1CC[C@@]2(C)c3cc(O)ccc3C[C@@H]1[C@H]2C. The van der Waals surface area contributed by atoms with Crippen molar-refractivity contribution in [1.29, 1.82) is 0 Å². The van der Waals surface area contributed by atoms with Crippen molar-refractivity contribution in [3.8, 4) is 5.75 Å². The summed E-state index contributed by atoms with van der Waals surface area (Å²) in [5.41, 5.74) is 8.60. The summed E-state index contributed by atoms with van der Waals surface area (Å²) in [6.07, 6.45) is 4.47. The minimum atomic E-state index is -0.706. The molecule has 2 bridgehead atoms. The van der Waals surface area contributed by atoms with Crippen LogP contribution in [0.4, 0.5) is 0 Å². The molecule has 0 spiro atoms. The highest BCUT2D eigenvalue weighted by atomic mass is 16.3. The summed E-state index contributed by atoms with van der Waals surface area (Å²) in [5, 5.41) is 19.0. The van der Waals surface area contributed by atoms with Gasteiger partial charge in [0.2, 0.25) is 17.7 Å².